The van der Waals surface area contributed by atoms with E-state index >= 15 is 0 Å². The highest BCUT2D eigenvalue weighted by Gasteiger charge is 2.27. The first-order valence-electron chi connectivity index (χ1n) is 9.02. The van der Waals surface area contributed by atoms with E-state index in [4.69, 9.17) is 4.74 Å². The Morgan fingerprint density at radius 3 is 2.46 bits per heavy atom. The second-order valence-corrected chi connectivity index (χ2v) is 7.51. The van der Waals surface area contributed by atoms with Gasteiger partial charge in [-0.3, -0.25) is 4.79 Å². The summed E-state index contributed by atoms with van der Waals surface area (Å²) in [6.07, 6.45) is 3.81. The fourth-order valence-electron chi connectivity index (χ4n) is 3.04. The quantitative estimate of drug-likeness (QED) is 0.789. The Bertz CT molecular complexity index is 814. The molecule has 0 aliphatic carbocycles. The molecule has 1 aliphatic rings. The van der Waals surface area contributed by atoms with Gasteiger partial charge in [-0.25, -0.2) is 9.31 Å². The zero-order chi connectivity index (χ0) is 18.9. The Balaban J connectivity index is 1.70. The second-order valence-electron chi connectivity index (χ2n) is 7.51. The SMILES string of the molecule is CCC(=O)c1ccc2c(N3CCN(C(=O)OC(C)(C)C)CC3)cnn2c1. The molecule has 0 atom stereocenters. The molecule has 0 aromatic carbocycles. The van der Waals surface area contributed by atoms with Crippen molar-refractivity contribution in [1.29, 1.82) is 0 Å². The number of carbonyl (C=O) groups is 2. The number of nitrogens with zero attached hydrogens (tertiary/aromatic N) is 4. The molecule has 0 radical (unpaired) electrons. The summed E-state index contributed by atoms with van der Waals surface area (Å²) in [5.74, 6) is 0.106. The summed E-state index contributed by atoms with van der Waals surface area (Å²) in [6, 6.07) is 3.79. The molecule has 2 aromatic heterocycles. The van der Waals surface area contributed by atoms with Crippen LogP contribution in [0.15, 0.2) is 24.5 Å². The summed E-state index contributed by atoms with van der Waals surface area (Å²) in [4.78, 5) is 28.0. The summed E-state index contributed by atoms with van der Waals surface area (Å²) in [5.41, 5.74) is 2.17. The number of hydrogen-bond donors (Lipinski definition) is 0. The Hall–Kier alpha value is -2.57. The van der Waals surface area contributed by atoms with Crippen LogP contribution < -0.4 is 4.90 Å². The third kappa shape index (κ3) is 3.81. The van der Waals surface area contributed by atoms with Crippen molar-refractivity contribution in [3.8, 4) is 0 Å². The van der Waals surface area contributed by atoms with Crippen LogP contribution in [0.25, 0.3) is 5.52 Å². The summed E-state index contributed by atoms with van der Waals surface area (Å²) in [6.45, 7) is 10.1. The van der Waals surface area contributed by atoms with Crippen LogP contribution in [0.5, 0.6) is 0 Å². The van der Waals surface area contributed by atoms with E-state index in [1.54, 1.807) is 15.6 Å². The lowest BCUT2D eigenvalue weighted by Crippen LogP contribution is -2.50. The van der Waals surface area contributed by atoms with Crippen molar-refractivity contribution in [3.05, 3.63) is 30.1 Å². The lowest BCUT2D eigenvalue weighted by Gasteiger charge is -2.36. The lowest BCUT2D eigenvalue weighted by molar-refractivity contribution is 0.0240. The van der Waals surface area contributed by atoms with E-state index in [1.807, 2.05) is 46.0 Å². The normalized spacial score (nSPS) is 15.4. The first kappa shape index (κ1) is 18.2. The van der Waals surface area contributed by atoms with Gasteiger partial charge in [0.25, 0.3) is 0 Å². The standard InChI is InChI=1S/C19H26N4O3/c1-5-17(24)14-6-7-15-16(12-20-23(15)13-14)21-8-10-22(11-9-21)18(25)26-19(2,3)4/h6-7,12-13H,5,8-11H2,1-4H3. The number of ether oxygens (including phenoxy) is 1. The maximum absolute atomic E-state index is 12.2. The Morgan fingerprint density at radius 1 is 1.15 bits per heavy atom. The highest BCUT2D eigenvalue weighted by molar-refractivity contribution is 5.96. The predicted molar refractivity (Wildman–Crippen MR) is 99.8 cm³/mol. The molecule has 7 heteroatoms. The number of ketones is 1. The summed E-state index contributed by atoms with van der Waals surface area (Å²) in [5, 5.41) is 4.39. The minimum atomic E-state index is -0.482. The minimum Gasteiger partial charge on any atom is -0.444 e. The van der Waals surface area contributed by atoms with Crippen LogP contribution >= 0.6 is 0 Å². The van der Waals surface area contributed by atoms with Gasteiger partial charge in [0.2, 0.25) is 0 Å². The smallest absolute Gasteiger partial charge is 0.410 e. The summed E-state index contributed by atoms with van der Waals surface area (Å²) in [7, 11) is 0. The van der Waals surface area contributed by atoms with Gasteiger partial charge in [-0.2, -0.15) is 5.10 Å². The number of piperazine rings is 1. The van der Waals surface area contributed by atoms with E-state index in [9.17, 15) is 9.59 Å². The van der Waals surface area contributed by atoms with Gasteiger partial charge < -0.3 is 14.5 Å². The molecule has 1 amide bonds. The summed E-state index contributed by atoms with van der Waals surface area (Å²) >= 11 is 0. The third-order valence-electron chi connectivity index (χ3n) is 4.41. The van der Waals surface area contributed by atoms with Gasteiger partial charge in [0.1, 0.15) is 5.60 Å². The number of hydrogen-bond acceptors (Lipinski definition) is 5. The molecule has 2 aromatic rings. The van der Waals surface area contributed by atoms with Gasteiger partial charge in [-0.05, 0) is 32.9 Å². The Labute approximate surface area is 153 Å². The van der Waals surface area contributed by atoms with Crippen molar-refractivity contribution >= 4 is 23.1 Å². The number of rotatable bonds is 3. The molecule has 0 spiro atoms. The molecule has 1 aliphatic heterocycles. The van der Waals surface area contributed by atoms with Crippen molar-refractivity contribution in [2.24, 2.45) is 0 Å². The molecule has 0 unspecified atom stereocenters. The fraction of sp³-hybridized carbons (Fsp3) is 0.526. The van der Waals surface area contributed by atoms with Gasteiger partial charge in [-0.1, -0.05) is 6.92 Å². The van der Waals surface area contributed by atoms with Crippen LogP contribution in [-0.4, -0.2) is 58.2 Å². The molecule has 140 valence electrons. The molecule has 0 bridgehead atoms. The van der Waals surface area contributed by atoms with Gasteiger partial charge in [0.05, 0.1) is 17.4 Å². The summed E-state index contributed by atoms with van der Waals surface area (Å²) < 4.78 is 7.19. The van der Waals surface area contributed by atoms with Crippen molar-refractivity contribution in [1.82, 2.24) is 14.5 Å². The number of amides is 1. The predicted octanol–water partition coefficient (Wildman–Crippen LogP) is 2.98. The Morgan fingerprint density at radius 2 is 1.85 bits per heavy atom. The van der Waals surface area contributed by atoms with Crippen molar-refractivity contribution in [2.45, 2.75) is 39.7 Å². The van der Waals surface area contributed by atoms with E-state index in [-0.39, 0.29) is 11.9 Å². The van der Waals surface area contributed by atoms with Crippen LogP contribution in [0, 0.1) is 0 Å². The maximum atomic E-state index is 12.2. The van der Waals surface area contributed by atoms with Gasteiger partial charge in [0.15, 0.2) is 5.78 Å². The lowest BCUT2D eigenvalue weighted by atomic mass is 10.1. The van der Waals surface area contributed by atoms with Crippen LogP contribution in [-0.2, 0) is 4.74 Å². The van der Waals surface area contributed by atoms with E-state index in [0.29, 0.717) is 25.1 Å². The number of Topliss-reactive ketones (excluding diaryl/α,β-unsaturated/α-hetero) is 1. The van der Waals surface area contributed by atoms with Crippen molar-refractivity contribution in [2.75, 3.05) is 31.1 Å². The van der Waals surface area contributed by atoms with Gasteiger partial charge in [0, 0.05) is 44.4 Å². The molecule has 1 saturated heterocycles. The molecule has 1 fully saturated rings. The zero-order valence-corrected chi connectivity index (χ0v) is 15.9. The molecule has 0 N–H and O–H groups in total. The second kappa shape index (κ2) is 6.97. The monoisotopic (exact) mass is 358 g/mol. The van der Waals surface area contributed by atoms with Crippen LogP contribution in [0.1, 0.15) is 44.5 Å². The van der Waals surface area contributed by atoms with Gasteiger partial charge in [-0.15, -0.1) is 0 Å². The van der Waals surface area contributed by atoms with Crippen molar-refractivity contribution < 1.29 is 14.3 Å². The molecule has 7 nitrogen and oxygen atoms in total. The largest absolute Gasteiger partial charge is 0.444 e. The van der Waals surface area contributed by atoms with Gasteiger partial charge >= 0.3 is 6.09 Å². The van der Waals surface area contributed by atoms with Crippen LogP contribution in [0.4, 0.5) is 10.5 Å². The van der Waals surface area contributed by atoms with E-state index in [0.717, 1.165) is 24.3 Å². The Kier molecular flexibility index (Phi) is 4.89. The average Bonchev–Trinajstić information content (AvgIpc) is 3.02. The van der Waals surface area contributed by atoms with Crippen molar-refractivity contribution in [3.63, 3.8) is 0 Å². The minimum absolute atomic E-state index is 0.106. The van der Waals surface area contributed by atoms with Crippen LogP contribution in [0.3, 0.4) is 0 Å². The van der Waals surface area contributed by atoms with E-state index in [1.165, 1.54) is 0 Å². The third-order valence-corrected chi connectivity index (χ3v) is 4.41. The average molecular weight is 358 g/mol. The molecular weight excluding hydrogens is 332 g/mol. The topological polar surface area (TPSA) is 67.2 Å². The van der Waals surface area contributed by atoms with Crippen LogP contribution in [0.2, 0.25) is 0 Å². The highest BCUT2D eigenvalue weighted by atomic mass is 16.6. The van der Waals surface area contributed by atoms with E-state index in [2.05, 4.69) is 10.00 Å². The fourth-order valence-corrected chi connectivity index (χ4v) is 3.04. The number of pyridine rings is 1. The maximum Gasteiger partial charge on any atom is 0.410 e. The number of fused-ring (bicyclic) bond motifs is 1. The number of aromatic nitrogens is 2. The zero-order valence-electron chi connectivity index (χ0n) is 15.9. The molecule has 0 saturated carbocycles. The molecule has 3 heterocycles. The first-order chi connectivity index (χ1) is 12.3. The highest BCUT2D eigenvalue weighted by Crippen LogP contribution is 2.24. The first-order valence-corrected chi connectivity index (χ1v) is 9.02. The number of anilines is 1. The molecule has 3 rings (SSSR count). The van der Waals surface area contributed by atoms with E-state index < -0.39 is 5.60 Å². The number of carbonyl (C=O) groups excluding carboxylic acids is 2. The molecular formula is C19H26N4O3. The molecule has 26 heavy (non-hydrogen) atoms.